The van der Waals surface area contributed by atoms with Crippen LogP contribution in [0.15, 0.2) is 60.8 Å². The lowest BCUT2D eigenvalue weighted by Crippen LogP contribution is -2.37. The van der Waals surface area contributed by atoms with Crippen molar-refractivity contribution in [2.45, 2.75) is 0 Å². The maximum Gasteiger partial charge on any atom is 0.327 e. The number of amides is 4. The van der Waals surface area contributed by atoms with Gasteiger partial charge in [-0.2, -0.15) is 0 Å². The maximum absolute atomic E-state index is 13.1. The van der Waals surface area contributed by atoms with Gasteiger partial charge in [-0.15, -0.1) is 0 Å². The van der Waals surface area contributed by atoms with Crippen LogP contribution < -0.4 is 30.2 Å². The maximum atomic E-state index is 13.1. The number of benzene rings is 3. The molecular weight excluding hydrogens is 507 g/mol. The van der Waals surface area contributed by atoms with Crippen molar-refractivity contribution in [3.63, 3.8) is 0 Å². The molecule has 190 valence electrons. The number of aromatic nitrogens is 1. The fourth-order valence-electron chi connectivity index (χ4n) is 3.35. The molecule has 1 heterocycles. The number of anilines is 2. The van der Waals surface area contributed by atoms with Gasteiger partial charge in [-0.05, 0) is 42.5 Å². The summed E-state index contributed by atoms with van der Waals surface area (Å²) < 4.78 is 29.7. The zero-order valence-corrected chi connectivity index (χ0v) is 20.2. The van der Waals surface area contributed by atoms with Crippen molar-refractivity contribution in [3.05, 3.63) is 71.6 Å². The average Bonchev–Trinajstić information content (AvgIpc) is 2.86. The lowest BCUT2D eigenvalue weighted by atomic mass is 10.2. The quantitative estimate of drug-likeness (QED) is 0.230. The van der Waals surface area contributed by atoms with E-state index in [9.17, 15) is 19.1 Å². The molecule has 0 saturated carbocycles. The van der Waals surface area contributed by atoms with Crippen LogP contribution in [0.2, 0.25) is 5.02 Å². The lowest BCUT2D eigenvalue weighted by Gasteiger charge is -2.13. The summed E-state index contributed by atoms with van der Waals surface area (Å²) in [5, 5.41) is 17.7. The lowest BCUT2D eigenvalue weighted by molar-refractivity contribution is 0.240. The molecule has 0 fully saturated rings. The van der Waals surface area contributed by atoms with Crippen molar-refractivity contribution in [1.29, 1.82) is 0 Å². The first-order valence-corrected chi connectivity index (χ1v) is 11.0. The number of methoxy groups -OCH3 is 2. The number of nitrogens with zero attached hydrogens (tertiary/aromatic N) is 1. The molecular formula is C25H20ClFN4O6. The Morgan fingerprint density at radius 2 is 1.57 bits per heavy atom. The minimum Gasteiger partial charge on any atom is -0.506 e. The molecule has 0 spiro atoms. The highest BCUT2D eigenvalue weighted by atomic mass is 35.5. The molecule has 0 aliphatic carbocycles. The van der Waals surface area contributed by atoms with E-state index < -0.39 is 17.9 Å². The number of ether oxygens (including phenoxy) is 3. The van der Waals surface area contributed by atoms with Crippen LogP contribution in [-0.2, 0) is 0 Å². The second-order valence-electron chi connectivity index (χ2n) is 7.47. The van der Waals surface area contributed by atoms with E-state index in [1.807, 2.05) is 5.32 Å². The van der Waals surface area contributed by atoms with Crippen molar-refractivity contribution >= 4 is 45.9 Å². The predicted octanol–water partition coefficient (Wildman–Crippen LogP) is 5.90. The molecule has 0 radical (unpaired) electrons. The van der Waals surface area contributed by atoms with Crippen LogP contribution in [0.4, 0.5) is 25.4 Å². The highest BCUT2D eigenvalue weighted by Crippen LogP contribution is 2.38. The number of aromatic hydroxyl groups is 1. The number of fused-ring (bicyclic) bond motifs is 1. The number of hydrogen-bond acceptors (Lipinski definition) is 7. The SMILES string of the molecule is COc1cc2nccc(Oc3ccc(NC(=O)NC(=O)Nc4ccc(F)cc4Cl)c(O)c3)c2cc1OC. The molecule has 4 rings (SSSR count). The molecule has 4 N–H and O–H groups in total. The number of phenolic OH excluding ortho intramolecular Hbond substituents is 1. The summed E-state index contributed by atoms with van der Waals surface area (Å²) >= 11 is 5.85. The molecule has 1 aromatic heterocycles. The Bertz CT molecular complexity index is 1500. The minimum atomic E-state index is -0.930. The Morgan fingerprint density at radius 3 is 2.24 bits per heavy atom. The van der Waals surface area contributed by atoms with Crippen LogP contribution in [-0.4, -0.2) is 36.4 Å². The first-order valence-electron chi connectivity index (χ1n) is 10.6. The van der Waals surface area contributed by atoms with Crippen LogP contribution in [0.25, 0.3) is 10.9 Å². The summed E-state index contributed by atoms with van der Waals surface area (Å²) in [5.74, 6) is 0.836. The largest absolute Gasteiger partial charge is 0.506 e. The van der Waals surface area contributed by atoms with Gasteiger partial charge in [0.1, 0.15) is 23.1 Å². The van der Waals surface area contributed by atoms with Crippen molar-refractivity contribution in [1.82, 2.24) is 10.3 Å². The van der Waals surface area contributed by atoms with Crippen LogP contribution in [0.5, 0.6) is 28.7 Å². The zero-order chi connectivity index (χ0) is 26.5. The molecule has 4 aromatic rings. The van der Waals surface area contributed by atoms with Gasteiger partial charge in [-0.25, -0.2) is 14.0 Å². The zero-order valence-electron chi connectivity index (χ0n) is 19.5. The number of nitrogens with one attached hydrogen (secondary N) is 3. The van der Waals surface area contributed by atoms with Gasteiger partial charge < -0.3 is 30.0 Å². The van der Waals surface area contributed by atoms with E-state index in [0.29, 0.717) is 28.2 Å². The predicted molar refractivity (Wildman–Crippen MR) is 136 cm³/mol. The molecule has 0 bridgehead atoms. The Labute approximate surface area is 214 Å². The number of imide groups is 1. The van der Waals surface area contributed by atoms with E-state index in [-0.39, 0.29) is 27.9 Å². The number of pyridine rings is 1. The molecule has 12 heteroatoms. The van der Waals surface area contributed by atoms with Crippen LogP contribution >= 0.6 is 11.6 Å². The monoisotopic (exact) mass is 526 g/mol. The second kappa shape index (κ2) is 10.9. The van der Waals surface area contributed by atoms with Gasteiger partial charge in [0, 0.05) is 23.7 Å². The molecule has 0 aliphatic heterocycles. The smallest absolute Gasteiger partial charge is 0.327 e. The van der Waals surface area contributed by atoms with E-state index in [1.165, 1.54) is 38.5 Å². The van der Waals surface area contributed by atoms with E-state index in [4.69, 9.17) is 25.8 Å². The highest BCUT2D eigenvalue weighted by molar-refractivity contribution is 6.33. The van der Waals surface area contributed by atoms with E-state index in [1.54, 1.807) is 24.4 Å². The molecule has 37 heavy (non-hydrogen) atoms. The summed E-state index contributed by atoms with van der Waals surface area (Å²) in [6.07, 6.45) is 1.56. The second-order valence-corrected chi connectivity index (χ2v) is 7.88. The number of carbonyl (C=O) groups excluding carboxylic acids is 2. The summed E-state index contributed by atoms with van der Waals surface area (Å²) in [4.78, 5) is 28.6. The third-order valence-corrected chi connectivity index (χ3v) is 5.37. The summed E-state index contributed by atoms with van der Waals surface area (Å²) in [6, 6.07) is 10.8. The van der Waals surface area contributed by atoms with Crippen LogP contribution in [0, 0.1) is 5.82 Å². The topological polar surface area (TPSA) is 131 Å². The number of halogens is 2. The first kappa shape index (κ1) is 25.3. The van der Waals surface area contributed by atoms with E-state index >= 15 is 0 Å². The van der Waals surface area contributed by atoms with Gasteiger partial charge in [0.15, 0.2) is 11.5 Å². The van der Waals surface area contributed by atoms with Crippen molar-refractivity contribution in [3.8, 4) is 28.7 Å². The van der Waals surface area contributed by atoms with Gasteiger partial charge in [-0.1, -0.05) is 11.6 Å². The van der Waals surface area contributed by atoms with E-state index in [2.05, 4.69) is 15.6 Å². The van der Waals surface area contributed by atoms with Gasteiger partial charge in [0.2, 0.25) is 0 Å². The normalized spacial score (nSPS) is 10.5. The fraction of sp³-hybridized carbons (Fsp3) is 0.0800. The number of phenols is 1. The van der Waals surface area contributed by atoms with Crippen molar-refractivity contribution in [2.24, 2.45) is 0 Å². The summed E-state index contributed by atoms with van der Waals surface area (Å²) in [6.45, 7) is 0. The molecule has 3 aromatic carbocycles. The fourth-order valence-corrected chi connectivity index (χ4v) is 3.56. The number of carbonyl (C=O) groups is 2. The van der Waals surface area contributed by atoms with Gasteiger partial charge in [0.05, 0.1) is 36.1 Å². The van der Waals surface area contributed by atoms with Gasteiger partial charge >= 0.3 is 12.1 Å². The highest BCUT2D eigenvalue weighted by Gasteiger charge is 2.15. The van der Waals surface area contributed by atoms with Crippen molar-refractivity contribution in [2.75, 3.05) is 24.9 Å². The number of rotatable bonds is 6. The third-order valence-electron chi connectivity index (χ3n) is 5.06. The Balaban J connectivity index is 1.44. The first-order chi connectivity index (χ1) is 17.8. The third kappa shape index (κ3) is 5.90. The van der Waals surface area contributed by atoms with Crippen LogP contribution in [0.1, 0.15) is 0 Å². The van der Waals surface area contributed by atoms with Crippen LogP contribution in [0.3, 0.4) is 0 Å². The molecule has 0 unspecified atom stereocenters. The Hall–Kier alpha value is -4.77. The Kier molecular flexibility index (Phi) is 7.44. The Morgan fingerprint density at radius 1 is 0.892 bits per heavy atom. The molecule has 0 aliphatic rings. The summed E-state index contributed by atoms with van der Waals surface area (Å²) in [7, 11) is 3.04. The molecule has 10 nitrogen and oxygen atoms in total. The minimum absolute atomic E-state index is 0.0171. The van der Waals surface area contributed by atoms with Gasteiger partial charge in [-0.3, -0.25) is 10.3 Å². The molecule has 4 amide bonds. The van der Waals surface area contributed by atoms with Gasteiger partial charge in [0.25, 0.3) is 0 Å². The average molecular weight is 527 g/mol. The molecule has 0 atom stereocenters. The summed E-state index contributed by atoms with van der Waals surface area (Å²) in [5.41, 5.74) is 0.732. The number of urea groups is 2. The molecule has 0 saturated heterocycles. The number of hydrogen-bond donors (Lipinski definition) is 4. The van der Waals surface area contributed by atoms with Crippen molar-refractivity contribution < 1.29 is 33.3 Å². The standard InChI is InChI=1S/C25H20ClFN4O6/c1-35-22-11-15-19(12-23(22)36-2)28-8-7-21(15)37-14-4-6-18(20(32)10-14)30-25(34)31-24(33)29-17-5-3-13(27)9-16(17)26/h3-12,32H,1-2H3,(H3,29,30,31,33,34). The van der Waals surface area contributed by atoms with E-state index in [0.717, 1.165) is 12.1 Å².